The molecule has 0 aliphatic carbocycles. The first-order chi connectivity index (χ1) is 15.6. The fourth-order valence-electron chi connectivity index (χ4n) is 3.80. The molecule has 3 heterocycles. The second-order valence-electron chi connectivity index (χ2n) is 7.27. The fourth-order valence-corrected chi connectivity index (χ4v) is 4.07. The summed E-state index contributed by atoms with van der Waals surface area (Å²) in [6.45, 7) is 1.03. The number of H-pyrrole nitrogens is 1. The van der Waals surface area contributed by atoms with Gasteiger partial charge < -0.3 is 18.8 Å². The van der Waals surface area contributed by atoms with Gasteiger partial charge in [0.15, 0.2) is 22.7 Å². The van der Waals surface area contributed by atoms with E-state index in [0.717, 1.165) is 5.56 Å². The van der Waals surface area contributed by atoms with Crippen LogP contribution in [-0.2, 0) is 17.8 Å². The van der Waals surface area contributed by atoms with E-state index in [-0.39, 0.29) is 24.5 Å². The summed E-state index contributed by atoms with van der Waals surface area (Å²) in [5, 5.41) is 0.371. The number of ether oxygens (including phenoxy) is 3. The molecular weight excluding hydrogens is 436 g/mol. The molecule has 9 nitrogen and oxygen atoms in total. The highest BCUT2D eigenvalue weighted by Gasteiger charge is 2.24. The average Bonchev–Trinajstić information content (AvgIpc) is 3.41. The molecule has 32 heavy (non-hydrogen) atoms. The van der Waals surface area contributed by atoms with Crippen molar-refractivity contribution in [2.24, 2.45) is 0 Å². The zero-order valence-electron chi connectivity index (χ0n) is 17.1. The summed E-state index contributed by atoms with van der Waals surface area (Å²) in [6, 6.07) is 12.9. The van der Waals surface area contributed by atoms with Crippen molar-refractivity contribution < 1.29 is 14.2 Å². The molecule has 0 amide bonds. The van der Waals surface area contributed by atoms with Crippen LogP contribution in [0.1, 0.15) is 5.56 Å². The van der Waals surface area contributed by atoms with E-state index < -0.39 is 11.2 Å². The molecule has 0 radical (unpaired) electrons. The quantitative estimate of drug-likeness (QED) is 0.480. The predicted molar refractivity (Wildman–Crippen MR) is 119 cm³/mol. The topological polar surface area (TPSA) is 100 Å². The van der Waals surface area contributed by atoms with Crippen LogP contribution < -0.4 is 20.7 Å². The summed E-state index contributed by atoms with van der Waals surface area (Å²) in [7, 11) is 1.58. The molecule has 1 aliphatic rings. The first-order valence-electron chi connectivity index (χ1n) is 9.92. The molecule has 10 heteroatoms. The number of hydrogen-bond acceptors (Lipinski definition) is 6. The molecule has 4 aromatic rings. The maximum atomic E-state index is 12.8. The van der Waals surface area contributed by atoms with Crippen LogP contribution in [0.5, 0.6) is 11.5 Å². The van der Waals surface area contributed by atoms with E-state index in [1.807, 2.05) is 30.3 Å². The normalized spacial score (nSPS) is 12.6. The van der Waals surface area contributed by atoms with Gasteiger partial charge in [0.05, 0.1) is 18.2 Å². The lowest BCUT2D eigenvalue weighted by Crippen LogP contribution is -2.31. The molecule has 0 unspecified atom stereocenters. The van der Waals surface area contributed by atoms with E-state index in [4.69, 9.17) is 30.8 Å². The average molecular weight is 455 g/mol. The van der Waals surface area contributed by atoms with E-state index in [1.165, 1.54) is 4.57 Å². The van der Waals surface area contributed by atoms with Crippen LogP contribution in [0, 0.1) is 0 Å². The highest BCUT2D eigenvalue weighted by Crippen LogP contribution is 2.42. The Morgan fingerprint density at radius 3 is 2.75 bits per heavy atom. The van der Waals surface area contributed by atoms with Crippen molar-refractivity contribution in [3.63, 3.8) is 0 Å². The number of rotatable bonds is 6. The van der Waals surface area contributed by atoms with Crippen LogP contribution >= 0.6 is 11.6 Å². The molecule has 0 fully saturated rings. The molecule has 2 aromatic carbocycles. The van der Waals surface area contributed by atoms with Gasteiger partial charge in [0.1, 0.15) is 5.82 Å². The van der Waals surface area contributed by atoms with Gasteiger partial charge in [0.2, 0.25) is 6.79 Å². The lowest BCUT2D eigenvalue weighted by Gasteiger charge is -2.10. The molecule has 1 aliphatic heterocycles. The van der Waals surface area contributed by atoms with E-state index in [9.17, 15) is 9.59 Å². The third-order valence-electron chi connectivity index (χ3n) is 5.27. The van der Waals surface area contributed by atoms with Gasteiger partial charge in [-0.2, -0.15) is 0 Å². The van der Waals surface area contributed by atoms with Crippen molar-refractivity contribution >= 4 is 22.8 Å². The van der Waals surface area contributed by atoms with Gasteiger partial charge in [0.25, 0.3) is 5.56 Å². The zero-order valence-corrected chi connectivity index (χ0v) is 17.9. The fraction of sp³-hybridized carbons (Fsp3) is 0.227. The maximum Gasteiger partial charge on any atom is 0.330 e. The highest BCUT2D eigenvalue weighted by molar-refractivity contribution is 6.32. The molecule has 1 N–H and O–H groups in total. The first kappa shape index (κ1) is 20.3. The zero-order chi connectivity index (χ0) is 22.2. The SMILES string of the molecule is COCCn1c(-c2cc(Cl)c3c(c2)OCO3)nc2c1c(=O)[nH]c(=O)n2Cc1ccccc1. The largest absolute Gasteiger partial charge is 0.454 e. The molecule has 0 saturated heterocycles. The Labute approximate surface area is 186 Å². The Hall–Kier alpha value is -3.56. The monoisotopic (exact) mass is 454 g/mol. The lowest BCUT2D eigenvalue weighted by molar-refractivity contribution is 0.174. The third-order valence-corrected chi connectivity index (χ3v) is 5.55. The van der Waals surface area contributed by atoms with Gasteiger partial charge in [-0.15, -0.1) is 0 Å². The number of fused-ring (bicyclic) bond motifs is 2. The lowest BCUT2D eigenvalue weighted by atomic mass is 10.2. The summed E-state index contributed by atoms with van der Waals surface area (Å²) in [5.41, 5.74) is 1.05. The Bertz CT molecular complexity index is 1420. The number of nitrogens with zero attached hydrogens (tertiary/aromatic N) is 3. The van der Waals surface area contributed by atoms with E-state index in [0.29, 0.717) is 41.1 Å². The van der Waals surface area contributed by atoms with Crippen LogP contribution in [-0.4, -0.2) is 39.6 Å². The number of imidazole rings is 1. The Morgan fingerprint density at radius 1 is 1.16 bits per heavy atom. The van der Waals surface area contributed by atoms with Crippen LogP contribution in [0.25, 0.3) is 22.6 Å². The predicted octanol–water partition coefficient (Wildman–Crippen LogP) is 2.63. The van der Waals surface area contributed by atoms with Crippen LogP contribution in [0.2, 0.25) is 5.02 Å². The maximum absolute atomic E-state index is 12.8. The van der Waals surface area contributed by atoms with Crippen LogP contribution in [0.15, 0.2) is 52.1 Å². The number of aromatic nitrogens is 4. The number of benzene rings is 2. The first-order valence-corrected chi connectivity index (χ1v) is 10.3. The summed E-state index contributed by atoms with van der Waals surface area (Å²) in [4.78, 5) is 32.7. The van der Waals surface area contributed by atoms with Gasteiger partial charge in [-0.05, 0) is 17.7 Å². The van der Waals surface area contributed by atoms with Crippen molar-refractivity contribution in [2.75, 3.05) is 20.5 Å². The highest BCUT2D eigenvalue weighted by atomic mass is 35.5. The minimum absolute atomic E-state index is 0.0783. The van der Waals surface area contributed by atoms with Crippen molar-refractivity contribution in [1.29, 1.82) is 0 Å². The molecular formula is C22H19ClN4O5. The van der Waals surface area contributed by atoms with E-state index >= 15 is 0 Å². The van der Waals surface area contributed by atoms with Gasteiger partial charge in [0, 0.05) is 19.2 Å². The minimum Gasteiger partial charge on any atom is -0.454 e. The third kappa shape index (κ3) is 3.45. The molecule has 5 rings (SSSR count). The molecule has 164 valence electrons. The number of nitrogens with one attached hydrogen (secondary N) is 1. The van der Waals surface area contributed by atoms with Crippen molar-refractivity contribution in [3.05, 3.63) is 73.9 Å². The van der Waals surface area contributed by atoms with Gasteiger partial charge >= 0.3 is 5.69 Å². The number of aromatic amines is 1. The molecule has 2 aromatic heterocycles. The van der Waals surface area contributed by atoms with Crippen molar-refractivity contribution in [2.45, 2.75) is 13.1 Å². The van der Waals surface area contributed by atoms with Crippen molar-refractivity contribution in [3.8, 4) is 22.9 Å². The van der Waals surface area contributed by atoms with Gasteiger partial charge in [-0.3, -0.25) is 14.3 Å². The van der Waals surface area contributed by atoms with Crippen LogP contribution in [0.3, 0.4) is 0 Å². The molecule has 0 saturated carbocycles. The Balaban J connectivity index is 1.76. The van der Waals surface area contributed by atoms with E-state index in [2.05, 4.69) is 4.98 Å². The standard InChI is InChI=1S/C22H19ClN4O5/c1-30-8-7-26-17-20(24-19(26)14-9-15(23)18-16(10-14)31-12-32-18)27(22(29)25-21(17)28)11-13-5-3-2-4-6-13/h2-6,9-10H,7-8,11-12H2,1H3,(H,25,28,29). The molecule has 0 spiro atoms. The summed E-state index contributed by atoms with van der Waals surface area (Å²) in [5.74, 6) is 1.43. The summed E-state index contributed by atoms with van der Waals surface area (Å²) < 4.78 is 19.3. The van der Waals surface area contributed by atoms with Crippen molar-refractivity contribution in [1.82, 2.24) is 19.1 Å². The summed E-state index contributed by atoms with van der Waals surface area (Å²) >= 11 is 6.39. The molecule has 0 bridgehead atoms. The minimum atomic E-state index is -0.530. The number of methoxy groups -OCH3 is 1. The van der Waals surface area contributed by atoms with E-state index in [1.54, 1.807) is 23.8 Å². The second-order valence-corrected chi connectivity index (χ2v) is 7.68. The summed E-state index contributed by atoms with van der Waals surface area (Å²) in [6.07, 6.45) is 0. The smallest absolute Gasteiger partial charge is 0.330 e. The Morgan fingerprint density at radius 2 is 1.97 bits per heavy atom. The number of hydrogen-bond donors (Lipinski definition) is 1. The Kier molecular flexibility index (Phi) is 5.20. The van der Waals surface area contributed by atoms with Gasteiger partial charge in [-0.1, -0.05) is 41.9 Å². The van der Waals surface area contributed by atoms with Gasteiger partial charge in [-0.25, -0.2) is 9.78 Å². The van der Waals surface area contributed by atoms with Crippen LogP contribution in [0.4, 0.5) is 0 Å². The molecule has 0 atom stereocenters. The second kappa shape index (κ2) is 8.18. The number of halogens is 1.